The number of rotatable bonds is 6. The summed E-state index contributed by atoms with van der Waals surface area (Å²) in [5, 5.41) is 3.63. The second-order valence-corrected chi connectivity index (χ2v) is 5.92. The molecule has 0 spiro atoms. The lowest BCUT2D eigenvalue weighted by Crippen LogP contribution is -2.31. The van der Waals surface area contributed by atoms with Gasteiger partial charge in [0.25, 0.3) is 0 Å². The molecule has 2 nitrogen and oxygen atoms in total. The van der Waals surface area contributed by atoms with Crippen LogP contribution in [0.15, 0.2) is 24.3 Å². The lowest BCUT2D eigenvalue weighted by Gasteiger charge is -2.23. The van der Waals surface area contributed by atoms with E-state index in [1.54, 1.807) is 0 Å². The van der Waals surface area contributed by atoms with Gasteiger partial charge in [0, 0.05) is 13.1 Å². The zero-order chi connectivity index (χ0) is 12.8. The minimum Gasteiger partial charge on any atom is -0.326 e. The predicted octanol–water partition coefficient (Wildman–Crippen LogP) is 2.86. The van der Waals surface area contributed by atoms with E-state index in [0.717, 1.165) is 19.5 Å². The molecular weight excluding hydrogens is 220 g/mol. The molecule has 0 aromatic heterocycles. The normalized spacial score (nSPS) is 18.1. The Labute approximate surface area is 111 Å². The average molecular weight is 246 g/mol. The fraction of sp³-hybridized carbons (Fsp3) is 0.625. The van der Waals surface area contributed by atoms with Crippen LogP contribution in [-0.4, -0.2) is 13.1 Å². The fourth-order valence-corrected chi connectivity index (χ4v) is 3.02. The van der Waals surface area contributed by atoms with Crippen molar-refractivity contribution in [2.75, 3.05) is 13.1 Å². The second kappa shape index (κ2) is 6.35. The molecule has 0 atom stereocenters. The van der Waals surface area contributed by atoms with E-state index in [9.17, 15) is 0 Å². The van der Waals surface area contributed by atoms with E-state index >= 15 is 0 Å². The molecule has 2 rings (SSSR count). The number of hydrogen-bond acceptors (Lipinski definition) is 2. The minimum atomic E-state index is 0.549. The van der Waals surface area contributed by atoms with Crippen LogP contribution in [0, 0.1) is 5.41 Å². The van der Waals surface area contributed by atoms with Crippen molar-refractivity contribution in [1.82, 2.24) is 5.32 Å². The minimum absolute atomic E-state index is 0.549. The average Bonchev–Trinajstić information content (AvgIpc) is 2.82. The van der Waals surface area contributed by atoms with Crippen molar-refractivity contribution in [1.29, 1.82) is 0 Å². The van der Waals surface area contributed by atoms with E-state index in [1.165, 1.54) is 36.8 Å². The van der Waals surface area contributed by atoms with Gasteiger partial charge in [-0.1, -0.05) is 44.0 Å². The highest BCUT2D eigenvalue weighted by Gasteiger charge is 2.27. The number of hydrogen-bond donors (Lipinski definition) is 2. The highest BCUT2D eigenvalue weighted by atomic mass is 14.9. The molecule has 1 aromatic rings. The SMILES string of the molecule is CC1(CNCCc2ccccc2CN)CCCC1. The van der Waals surface area contributed by atoms with Crippen LogP contribution >= 0.6 is 0 Å². The first-order chi connectivity index (χ1) is 8.73. The Balaban J connectivity index is 1.75. The second-order valence-electron chi connectivity index (χ2n) is 5.92. The van der Waals surface area contributed by atoms with Crippen molar-refractivity contribution in [3.8, 4) is 0 Å². The molecule has 100 valence electrons. The fourth-order valence-electron chi connectivity index (χ4n) is 3.02. The smallest absolute Gasteiger partial charge is 0.0180 e. The van der Waals surface area contributed by atoms with E-state index in [4.69, 9.17) is 5.73 Å². The Hall–Kier alpha value is -0.860. The molecular formula is C16H26N2. The zero-order valence-corrected chi connectivity index (χ0v) is 11.5. The van der Waals surface area contributed by atoms with Crippen LogP contribution in [0.4, 0.5) is 0 Å². The van der Waals surface area contributed by atoms with Crippen LogP contribution in [0.1, 0.15) is 43.7 Å². The van der Waals surface area contributed by atoms with Gasteiger partial charge in [-0.2, -0.15) is 0 Å². The number of benzene rings is 1. The van der Waals surface area contributed by atoms with Gasteiger partial charge in [0.05, 0.1) is 0 Å². The van der Waals surface area contributed by atoms with E-state index in [-0.39, 0.29) is 0 Å². The molecule has 2 heteroatoms. The molecule has 1 aromatic carbocycles. The van der Waals surface area contributed by atoms with Crippen molar-refractivity contribution < 1.29 is 0 Å². The maximum absolute atomic E-state index is 5.76. The van der Waals surface area contributed by atoms with Crippen molar-refractivity contribution in [2.24, 2.45) is 11.1 Å². The van der Waals surface area contributed by atoms with Gasteiger partial charge in [0.2, 0.25) is 0 Å². The third-order valence-electron chi connectivity index (χ3n) is 4.27. The summed E-state index contributed by atoms with van der Waals surface area (Å²) in [7, 11) is 0. The van der Waals surface area contributed by atoms with E-state index in [2.05, 4.69) is 36.5 Å². The summed E-state index contributed by atoms with van der Waals surface area (Å²) >= 11 is 0. The van der Waals surface area contributed by atoms with Crippen LogP contribution in [0.3, 0.4) is 0 Å². The topological polar surface area (TPSA) is 38.0 Å². The summed E-state index contributed by atoms with van der Waals surface area (Å²) in [5.74, 6) is 0. The predicted molar refractivity (Wildman–Crippen MR) is 77.5 cm³/mol. The van der Waals surface area contributed by atoms with Crippen molar-refractivity contribution in [3.05, 3.63) is 35.4 Å². The summed E-state index contributed by atoms with van der Waals surface area (Å²) < 4.78 is 0. The Bertz CT molecular complexity index is 367. The summed E-state index contributed by atoms with van der Waals surface area (Å²) in [6.45, 7) is 5.29. The van der Waals surface area contributed by atoms with E-state index in [1.807, 2.05) is 0 Å². The first kappa shape index (κ1) is 13.6. The zero-order valence-electron chi connectivity index (χ0n) is 11.5. The largest absolute Gasteiger partial charge is 0.326 e. The molecule has 0 saturated heterocycles. The highest BCUT2D eigenvalue weighted by Crippen LogP contribution is 2.36. The van der Waals surface area contributed by atoms with E-state index < -0.39 is 0 Å². The lowest BCUT2D eigenvalue weighted by molar-refractivity contribution is 0.316. The Morgan fingerprint density at radius 3 is 2.50 bits per heavy atom. The molecule has 0 heterocycles. The first-order valence-corrected chi connectivity index (χ1v) is 7.21. The van der Waals surface area contributed by atoms with Gasteiger partial charge in [-0.15, -0.1) is 0 Å². The third kappa shape index (κ3) is 3.56. The van der Waals surface area contributed by atoms with Crippen LogP contribution in [0.2, 0.25) is 0 Å². The van der Waals surface area contributed by atoms with Crippen LogP contribution < -0.4 is 11.1 Å². The highest BCUT2D eigenvalue weighted by molar-refractivity contribution is 5.27. The number of nitrogens with two attached hydrogens (primary N) is 1. The molecule has 1 aliphatic rings. The molecule has 0 amide bonds. The Morgan fingerprint density at radius 2 is 1.83 bits per heavy atom. The molecule has 0 aliphatic heterocycles. The molecule has 18 heavy (non-hydrogen) atoms. The first-order valence-electron chi connectivity index (χ1n) is 7.21. The third-order valence-corrected chi connectivity index (χ3v) is 4.27. The van der Waals surface area contributed by atoms with Crippen LogP contribution in [0.5, 0.6) is 0 Å². The summed E-state index contributed by atoms with van der Waals surface area (Å²) in [6, 6.07) is 8.50. The van der Waals surface area contributed by atoms with Gasteiger partial charge in [0.1, 0.15) is 0 Å². The van der Waals surface area contributed by atoms with E-state index in [0.29, 0.717) is 12.0 Å². The van der Waals surface area contributed by atoms with Crippen molar-refractivity contribution >= 4 is 0 Å². The Kier molecular flexibility index (Phi) is 4.79. The molecule has 0 radical (unpaired) electrons. The van der Waals surface area contributed by atoms with Gasteiger partial charge in [0.15, 0.2) is 0 Å². The lowest BCUT2D eigenvalue weighted by atomic mass is 9.89. The summed E-state index contributed by atoms with van der Waals surface area (Å²) in [6.07, 6.45) is 6.69. The summed E-state index contributed by atoms with van der Waals surface area (Å²) in [4.78, 5) is 0. The molecule has 3 N–H and O–H groups in total. The van der Waals surface area contributed by atoms with Gasteiger partial charge < -0.3 is 11.1 Å². The maximum atomic E-state index is 5.76. The van der Waals surface area contributed by atoms with Gasteiger partial charge in [-0.3, -0.25) is 0 Å². The van der Waals surface area contributed by atoms with Gasteiger partial charge >= 0.3 is 0 Å². The van der Waals surface area contributed by atoms with Gasteiger partial charge in [-0.25, -0.2) is 0 Å². The standard InChI is InChI=1S/C16H26N2/c1-16(9-4-5-10-16)13-18-11-8-14-6-2-3-7-15(14)12-17/h2-3,6-7,18H,4-5,8-13,17H2,1H3. The number of nitrogens with one attached hydrogen (secondary N) is 1. The molecule has 1 fully saturated rings. The molecule has 1 aliphatic carbocycles. The van der Waals surface area contributed by atoms with Gasteiger partial charge in [-0.05, 0) is 42.3 Å². The molecule has 0 unspecified atom stereocenters. The van der Waals surface area contributed by atoms with Crippen molar-refractivity contribution in [2.45, 2.75) is 45.6 Å². The Morgan fingerprint density at radius 1 is 1.17 bits per heavy atom. The van der Waals surface area contributed by atoms with Crippen LogP contribution in [-0.2, 0) is 13.0 Å². The quantitative estimate of drug-likeness (QED) is 0.757. The monoisotopic (exact) mass is 246 g/mol. The molecule has 0 bridgehead atoms. The summed E-state index contributed by atoms with van der Waals surface area (Å²) in [5.41, 5.74) is 8.98. The maximum Gasteiger partial charge on any atom is 0.0180 e. The van der Waals surface area contributed by atoms with Crippen molar-refractivity contribution in [3.63, 3.8) is 0 Å². The van der Waals surface area contributed by atoms with Crippen LogP contribution in [0.25, 0.3) is 0 Å². The molecule has 1 saturated carbocycles.